The summed E-state index contributed by atoms with van der Waals surface area (Å²) in [6.07, 6.45) is 2.64. The van der Waals surface area contributed by atoms with Gasteiger partial charge in [0, 0.05) is 23.9 Å². The van der Waals surface area contributed by atoms with Crippen molar-refractivity contribution in [1.82, 2.24) is 10.3 Å². The van der Waals surface area contributed by atoms with Gasteiger partial charge in [-0.05, 0) is 19.1 Å². The van der Waals surface area contributed by atoms with Crippen molar-refractivity contribution < 1.29 is 23.4 Å². The zero-order valence-corrected chi connectivity index (χ0v) is 13.6. The quantitative estimate of drug-likeness (QED) is 0.788. The van der Waals surface area contributed by atoms with E-state index < -0.39 is 17.8 Å². The van der Waals surface area contributed by atoms with Crippen LogP contribution in [0.3, 0.4) is 0 Å². The smallest absolute Gasteiger partial charge is 0.234 e. The first kappa shape index (κ1) is 17.0. The molecule has 1 aromatic heterocycles. The van der Waals surface area contributed by atoms with Gasteiger partial charge in [0.2, 0.25) is 18.4 Å². The minimum Gasteiger partial charge on any atom is -0.485 e. The minimum absolute atomic E-state index is 0.0421. The van der Waals surface area contributed by atoms with E-state index in [4.69, 9.17) is 19.9 Å². The van der Waals surface area contributed by atoms with Crippen LogP contribution < -0.4 is 25.3 Å². The van der Waals surface area contributed by atoms with Gasteiger partial charge in [-0.2, -0.15) is 0 Å². The number of carbonyl (C=O) groups excluding carboxylic acids is 1. The van der Waals surface area contributed by atoms with E-state index in [9.17, 15) is 9.18 Å². The van der Waals surface area contributed by atoms with Crippen LogP contribution in [-0.4, -0.2) is 23.7 Å². The summed E-state index contributed by atoms with van der Waals surface area (Å²) in [7, 11) is 0. The molecule has 1 aliphatic rings. The van der Waals surface area contributed by atoms with Gasteiger partial charge in [-0.1, -0.05) is 6.07 Å². The average Bonchev–Trinajstić information content (AvgIpc) is 3.09. The molecule has 1 aliphatic heterocycles. The van der Waals surface area contributed by atoms with Gasteiger partial charge < -0.3 is 25.3 Å². The lowest BCUT2D eigenvalue weighted by Crippen LogP contribution is -2.38. The molecule has 0 bridgehead atoms. The highest BCUT2D eigenvalue weighted by molar-refractivity contribution is 5.79. The van der Waals surface area contributed by atoms with Crippen LogP contribution in [0.5, 0.6) is 17.2 Å². The van der Waals surface area contributed by atoms with Crippen molar-refractivity contribution in [1.29, 1.82) is 0 Å². The van der Waals surface area contributed by atoms with Crippen molar-refractivity contribution >= 4 is 5.91 Å². The van der Waals surface area contributed by atoms with Crippen LogP contribution in [-0.2, 0) is 17.9 Å². The van der Waals surface area contributed by atoms with Crippen LogP contribution in [0.25, 0.3) is 0 Å². The molecule has 2 heterocycles. The number of pyridine rings is 1. The van der Waals surface area contributed by atoms with E-state index in [0.717, 1.165) is 11.8 Å². The topological polar surface area (TPSA) is 95.7 Å². The second kappa shape index (κ2) is 7.35. The first-order chi connectivity index (χ1) is 12.1. The number of nitrogens with one attached hydrogen (secondary N) is 1. The number of fused-ring (bicyclic) bond motifs is 1. The third-order valence-corrected chi connectivity index (χ3v) is 3.83. The number of nitrogens with two attached hydrogens (primary N) is 1. The maximum Gasteiger partial charge on any atom is 0.234 e. The number of nitrogens with zero attached hydrogens (tertiary/aromatic N) is 1. The van der Waals surface area contributed by atoms with Gasteiger partial charge in [0.05, 0.1) is 12.2 Å². The van der Waals surface area contributed by atoms with Gasteiger partial charge in [0.25, 0.3) is 0 Å². The summed E-state index contributed by atoms with van der Waals surface area (Å²) in [4.78, 5) is 14.8. The number of hydrogen-bond donors (Lipinski definition) is 2. The standard InChI is InChI=1S/C17H18FN3O4/c1-10(17(19)22)21-6-11-2-3-14(16-15(11)24-9-25-16)23-8-12-4-5-20-7-13(12)18/h2-5,7,10,21H,6,8-9H2,1H3,(H2,19,22)/t10-/m0/s1. The fourth-order valence-electron chi connectivity index (χ4n) is 2.32. The fourth-order valence-corrected chi connectivity index (χ4v) is 2.32. The van der Waals surface area contributed by atoms with Crippen LogP contribution in [0.15, 0.2) is 30.6 Å². The first-order valence-electron chi connectivity index (χ1n) is 7.71. The second-order valence-corrected chi connectivity index (χ2v) is 5.55. The van der Waals surface area contributed by atoms with Crippen LogP contribution in [0.1, 0.15) is 18.1 Å². The number of primary amides is 1. The van der Waals surface area contributed by atoms with Crippen molar-refractivity contribution in [2.45, 2.75) is 26.1 Å². The number of rotatable bonds is 7. The molecule has 0 fully saturated rings. The summed E-state index contributed by atoms with van der Waals surface area (Å²) in [5.41, 5.74) is 6.43. The molecular formula is C17H18FN3O4. The molecule has 1 atom stereocenters. The summed E-state index contributed by atoms with van der Waals surface area (Å²) in [6.45, 7) is 2.17. The molecule has 2 aromatic rings. The SMILES string of the molecule is C[C@H](NCc1ccc(OCc2ccncc2F)c2c1OCO2)C(N)=O. The molecule has 3 rings (SSSR count). The maximum absolute atomic E-state index is 13.6. The van der Waals surface area contributed by atoms with E-state index in [-0.39, 0.29) is 13.4 Å². The second-order valence-electron chi connectivity index (χ2n) is 5.55. The largest absolute Gasteiger partial charge is 0.485 e. The van der Waals surface area contributed by atoms with Crippen LogP contribution in [0.2, 0.25) is 0 Å². The molecule has 0 unspecified atom stereocenters. The fraction of sp³-hybridized carbons (Fsp3) is 0.294. The normalized spacial score (nSPS) is 13.5. The third-order valence-electron chi connectivity index (χ3n) is 3.83. The molecule has 1 aromatic carbocycles. The minimum atomic E-state index is -0.469. The Labute approximate surface area is 143 Å². The van der Waals surface area contributed by atoms with Crippen molar-refractivity contribution in [2.75, 3.05) is 6.79 Å². The zero-order chi connectivity index (χ0) is 17.8. The highest BCUT2D eigenvalue weighted by Gasteiger charge is 2.23. The molecule has 8 heteroatoms. The Balaban J connectivity index is 1.73. The number of aromatic nitrogens is 1. The van der Waals surface area contributed by atoms with Crippen LogP contribution >= 0.6 is 0 Å². The Morgan fingerprint density at radius 3 is 2.92 bits per heavy atom. The van der Waals surface area contributed by atoms with Gasteiger partial charge in [-0.25, -0.2) is 4.39 Å². The van der Waals surface area contributed by atoms with E-state index in [1.165, 1.54) is 6.20 Å². The molecule has 132 valence electrons. The molecular weight excluding hydrogens is 329 g/mol. The van der Waals surface area contributed by atoms with Crippen molar-refractivity contribution in [2.24, 2.45) is 5.73 Å². The number of amides is 1. The Hall–Kier alpha value is -2.87. The summed E-state index contributed by atoms with van der Waals surface area (Å²) in [6, 6.07) is 4.60. The summed E-state index contributed by atoms with van der Waals surface area (Å²) < 4.78 is 30.3. The Kier molecular flexibility index (Phi) is 4.99. The van der Waals surface area contributed by atoms with Gasteiger partial charge in [-0.15, -0.1) is 0 Å². The van der Waals surface area contributed by atoms with Crippen LogP contribution in [0, 0.1) is 5.82 Å². The van der Waals surface area contributed by atoms with E-state index in [0.29, 0.717) is 29.4 Å². The molecule has 0 saturated heterocycles. The number of carbonyl (C=O) groups is 1. The summed E-state index contributed by atoms with van der Waals surface area (Å²) in [5, 5.41) is 3.01. The maximum atomic E-state index is 13.6. The summed E-state index contributed by atoms with van der Waals surface area (Å²) >= 11 is 0. The third kappa shape index (κ3) is 3.80. The van der Waals surface area contributed by atoms with E-state index in [2.05, 4.69) is 10.3 Å². The van der Waals surface area contributed by atoms with Gasteiger partial charge in [-0.3, -0.25) is 9.78 Å². The Morgan fingerprint density at radius 1 is 1.36 bits per heavy atom. The lowest BCUT2D eigenvalue weighted by Gasteiger charge is -2.14. The van der Waals surface area contributed by atoms with Gasteiger partial charge in [0.1, 0.15) is 12.4 Å². The highest BCUT2D eigenvalue weighted by Crippen LogP contribution is 2.43. The number of hydrogen-bond acceptors (Lipinski definition) is 6. The molecule has 0 saturated carbocycles. The van der Waals surface area contributed by atoms with Crippen molar-refractivity contribution in [3.05, 3.63) is 47.5 Å². The molecule has 0 spiro atoms. The van der Waals surface area contributed by atoms with E-state index in [1.54, 1.807) is 25.1 Å². The lowest BCUT2D eigenvalue weighted by molar-refractivity contribution is -0.119. The van der Waals surface area contributed by atoms with Crippen molar-refractivity contribution in [3.8, 4) is 17.2 Å². The van der Waals surface area contributed by atoms with Gasteiger partial charge >= 0.3 is 0 Å². The predicted octanol–water partition coefficient (Wildman–Crippen LogP) is 1.49. The summed E-state index contributed by atoms with van der Waals surface area (Å²) in [5.74, 6) is 0.582. The number of ether oxygens (including phenoxy) is 3. The predicted molar refractivity (Wildman–Crippen MR) is 86.6 cm³/mol. The Morgan fingerprint density at radius 2 is 2.16 bits per heavy atom. The number of benzene rings is 1. The molecule has 0 aliphatic carbocycles. The zero-order valence-electron chi connectivity index (χ0n) is 13.6. The van der Waals surface area contributed by atoms with E-state index >= 15 is 0 Å². The molecule has 0 radical (unpaired) electrons. The highest BCUT2D eigenvalue weighted by atomic mass is 19.1. The molecule has 25 heavy (non-hydrogen) atoms. The monoisotopic (exact) mass is 347 g/mol. The molecule has 1 amide bonds. The van der Waals surface area contributed by atoms with Crippen molar-refractivity contribution in [3.63, 3.8) is 0 Å². The number of halogens is 1. The average molecular weight is 347 g/mol. The van der Waals surface area contributed by atoms with Gasteiger partial charge in [0.15, 0.2) is 11.5 Å². The Bertz CT molecular complexity index is 784. The van der Waals surface area contributed by atoms with Crippen LogP contribution in [0.4, 0.5) is 4.39 Å². The molecule has 7 nitrogen and oxygen atoms in total. The first-order valence-corrected chi connectivity index (χ1v) is 7.71. The lowest BCUT2D eigenvalue weighted by atomic mass is 10.1. The molecule has 3 N–H and O–H groups in total. The van der Waals surface area contributed by atoms with E-state index in [1.807, 2.05) is 0 Å².